The Bertz CT molecular complexity index is 215. The number of halogens is 1. The van der Waals surface area contributed by atoms with Crippen molar-refractivity contribution < 1.29 is 4.79 Å². The molecule has 0 radical (unpaired) electrons. The van der Waals surface area contributed by atoms with Crippen molar-refractivity contribution in [3.63, 3.8) is 0 Å². The van der Waals surface area contributed by atoms with E-state index < -0.39 is 5.41 Å². The molecule has 0 N–H and O–H groups in total. The molecule has 1 saturated heterocycles. The van der Waals surface area contributed by atoms with Crippen LogP contribution in [0.2, 0.25) is 0 Å². The molecule has 0 saturated carbocycles. The number of piperidine rings is 1. The fourth-order valence-corrected chi connectivity index (χ4v) is 1.96. The first-order chi connectivity index (χ1) is 6.49. The van der Waals surface area contributed by atoms with Crippen LogP contribution < -0.4 is 0 Å². The lowest BCUT2D eigenvalue weighted by Crippen LogP contribution is -2.48. The Morgan fingerprint density at radius 2 is 2.14 bits per heavy atom. The Kier molecular flexibility index (Phi) is 3.82. The zero-order valence-corrected chi connectivity index (χ0v) is 10.1. The van der Waals surface area contributed by atoms with Crippen molar-refractivity contribution in [3.8, 4) is 0 Å². The van der Waals surface area contributed by atoms with E-state index in [0.717, 1.165) is 19.4 Å². The first-order valence-corrected chi connectivity index (χ1v) is 5.89. The van der Waals surface area contributed by atoms with Crippen molar-refractivity contribution in [3.05, 3.63) is 0 Å². The zero-order valence-electron chi connectivity index (χ0n) is 9.35. The highest BCUT2D eigenvalue weighted by atomic mass is 35.5. The minimum atomic E-state index is -0.410. The molecule has 14 heavy (non-hydrogen) atoms. The molecule has 1 aliphatic rings. The van der Waals surface area contributed by atoms with E-state index in [4.69, 9.17) is 11.6 Å². The van der Waals surface area contributed by atoms with Gasteiger partial charge in [0.15, 0.2) is 0 Å². The average molecular weight is 218 g/mol. The Labute approximate surface area is 91.6 Å². The van der Waals surface area contributed by atoms with Crippen LogP contribution in [0.25, 0.3) is 0 Å². The van der Waals surface area contributed by atoms with Gasteiger partial charge in [-0.3, -0.25) is 4.79 Å². The van der Waals surface area contributed by atoms with Crippen molar-refractivity contribution in [1.82, 2.24) is 4.90 Å². The van der Waals surface area contributed by atoms with Gasteiger partial charge in [-0.25, -0.2) is 0 Å². The maximum absolute atomic E-state index is 12.1. The quantitative estimate of drug-likeness (QED) is 0.652. The summed E-state index contributed by atoms with van der Waals surface area (Å²) in [7, 11) is 0. The minimum absolute atomic E-state index is 0.208. The van der Waals surface area contributed by atoms with Gasteiger partial charge in [0, 0.05) is 18.5 Å². The van der Waals surface area contributed by atoms with Gasteiger partial charge in [-0.2, -0.15) is 0 Å². The van der Waals surface area contributed by atoms with Crippen LogP contribution in [0.1, 0.15) is 40.0 Å². The van der Waals surface area contributed by atoms with Crippen LogP contribution in [0.4, 0.5) is 0 Å². The van der Waals surface area contributed by atoms with Crippen LogP contribution >= 0.6 is 11.6 Å². The molecule has 82 valence electrons. The summed E-state index contributed by atoms with van der Waals surface area (Å²) < 4.78 is 0. The molecule has 2 nitrogen and oxygen atoms in total. The highest BCUT2D eigenvalue weighted by Gasteiger charge is 2.34. The van der Waals surface area contributed by atoms with Crippen LogP contribution in [-0.2, 0) is 4.79 Å². The van der Waals surface area contributed by atoms with Crippen molar-refractivity contribution in [2.75, 3.05) is 12.4 Å². The van der Waals surface area contributed by atoms with E-state index in [1.165, 1.54) is 6.42 Å². The molecule has 0 aromatic heterocycles. The Morgan fingerprint density at radius 1 is 1.50 bits per heavy atom. The summed E-state index contributed by atoms with van der Waals surface area (Å²) >= 11 is 5.81. The molecule has 1 fully saturated rings. The Hall–Kier alpha value is -0.240. The van der Waals surface area contributed by atoms with Gasteiger partial charge in [-0.05, 0) is 40.0 Å². The van der Waals surface area contributed by atoms with Gasteiger partial charge in [-0.15, -0.1) is 11.6 Å². The first-order valence-electron chi connectivity index (χ1n) is 5.36. The number of amides is 1. The summed E-state index contributed by atoms with van der Waals surface area (Å²) in [5, 5.41) is 0. The van der Waals surface area contributed by atoms with Crippen molar-refractivity contribution in [1.29, 1.82) is 0 Å². The lowest BCUT2D eigenvalue weighted by molar-refractivity contribution is -0.142. The number of likely N-dealkylation sites (tertiary alicyclic amines) is 1. The summed E-state index contributed by atoms with van der Waals surface area (Å²) in [5.74, 6) is 0.606. The van der Waals surface area contributed by atoms with Gasteiger partial charge < -0.3 is 4.90 Å². The molecule has 1 atom stereocenters. The smallest absolute Gasteiger partial charge is 0.229 e. The zero-order chi connectivity index (χ0) is 10.8. The van der Waals surface area contributed by atoms with Gasteiger partial charge in [0.1, 0.15) is 0 Å². The number of rotatable bonds is 2. The first kappa shape index (κ1) is 11.8. The minimum Gasteiger partial charge on any atom is -0.339 e. The predicted octanol–water partition coefficient (Wildman–Crippen LogP) is 2.65. The molecule has 1 unspecified atom stereocenters. The third-order valence-corrected chi connectivity index (χ3v) is 3.65. The van der Waals surface area contributed by atoms with Gasteiger partial charge in [0.25, 0.3) is 0 Å². The van der Waals surface area contributed by atoms with Gasteiger partial charge in [-0.1, -0.05) is 0 Å². The summed E-state index contributed by atoms with van der Waals surface area (Å²) in [5.41, 5.74) is -0.410. The van der Waals surface area contributed by atoms with E-state index in [9.17, 15) is 4.79 Å². The number of hydrogen-bond donors (Lipinski definition) is 0. The van der Waals surface area contributed by atoms with E-state index >= 15 is 0 Å². The summed E-state index contributed by atoms with van der Waals surface area (Å²) in [6.07, 6.45) is 3.50. The van der Waals surface area contributed by atoms with Gasteiger partial charge in [0.2, 0.25) is 5.91 Å². The molecule has 1 amide bonds. The normalized spacial score (nSPS) is 23.7. The second-order valence-electron chi connectivity index (χ2n) is 4.86. The van der Waals surface area contributed by atoms with Crippen molar-refractivity contribution in [2.45, 2.75) is 46.1 Å². The Morgan fingerprint density at radius 3 is 2.64 bits per heavy atom. The standard InChI is InChI=1S/C11H20ClNO/c1-9-6-4-5-7-13(9)10(14)11(2,3)8-12/h9H,4-8H2,1-3H3. The second kappa shape index (κ2) is 4.52. The summed E-state index contributed by atoms with van der Waals surface area (Å²) in [4.78, 5) is 14.1. The largest absolute Gasteiger partial charge is 0.339 e. The van der Waals surface area contributed by atoms with Crippen molar-refractivity contribution in [2.24, 2.45) is 5.41 Å². The maximum atomic E-state index is 12.1. The van der Waals surface area contributed by atoms with Crippen molar-refractivity contribution >= 4 is 17.5 Å². The van der Waals surface area contributed by atoms with E-state index in [2.05, 4.69) is 6.92 Å². The lowest BCUT2D eigenvalue weighted by Gasteiger charge is -2.38. The maximum Gasteiger partial charge on any atom is 0.229 e. The average Bonchev–Trinajstić information content (AvgIpc) is 2.17. The molecule has 1 heterocycles. The molecule has 0 aromatic rings. The molecule has 1 rings (SSSR count). The highest BCUT2D eigenvalue weighted by molar-refractivity contribution is 6.19. The van der Waals surface area contributed by atoms with E-state index in [-0.39, 0.29) is 5.91 Å². The molecule has 0 bridgehead atoms. The van der Waals surface area contributed by atoms with Crippen LogP contribution in [0, 0.1) is 5.41 Å². The van der Waals surface area contributed by atoms with Gasteiger partial charge >= 0.3 is 0 Å². The molecular weight excluding hydrogens is 198 g/mol. The topological polar surface area (TPSA) is 20.3 Å². The number of carbonyl (C=O) groups excluding carboxylic acids is 1. The van der Waals surface area contributed by atoms with E-state index in [1.54, 1.807) is 0 Å². The SMILES string of the molecule is CC1CCCCN1C(=O)C(C)(C)CCl. The third-order valence-electron chi connectivity index (χ3n) is 2.98. The van der Waals surface area contributed by atoms with Gasteiger partial charge in [0.05, 0.1) is 5.41 Å². The van der Waals surface area contributed by atoms with Crippen LogP contribution in [0.15, 0.2) is 0 Å². The fraction of sp³-hybridized carbons (Fsp3) is 0.909. The van der Waals surface area contributed by atoms with Crippen LogP contribution in [0.3, 0.4) is 0 Å². The number of hydrogen-bond acceptors (Lipinski definition) is 1. The number of alkyl halides is 1. The molecule has 0 spiro atoms. The number of carbonyl (C=O) groups is 1. The van der Waals surface area contributed by atoms with E-state index in [1.807, 2.05) is 18.7 Å². The fourth-order valence-electron chi connectivity index (χ4n) is 1.85. The van der Waals surface area contributed by atoms with Crippen LogP contribution in [-0.4, -0.2) is 29.3 Å². The predicted molar refractivity (Wildman–Crippen MR) is 59.5 cm³/mol. The molecule has 3 heteroatoms. The monoisotopic (exact) mass is 217 g/mol. The second-order valence-corrected chi connectivity index (χ2v) is 5.13. The Balaban J connectivity index is 2.67. The molecule has 0 aliphatic carbocycles. The molecule has 1 aliphatic heterocycles. The van der Waals surface area contributed by atoms with E-state index in [0.29, 0.717) is 11.9 Å². The molecule has 0 aromatic carbocycles. The summed E-state index contributed by atoms with van der Waals surface area (Å²) in [6.45, 7) is 6.87. The third kappa shape index (κ3) is 2.41. The van der Waals surface area contributed by atoms with Crippen LogP contribution in [0.5, 0.6) is 0 Å². The highest BCUT2D eigenvalue weighted by Crippen LogP contribution is 2.25. The molecular formula is C11H20ClNO. The summed E-state index contributed by atoms with van der Waals surface area (Å²) in [6, 6.07) is 0.388. The number of nitrogens with zero attached hydrogens (tertiary/aromatic N) is 1. The lowest BCUT2D eigenvalue weighted by atomic mass is 9.91.